The molecule has 0 atom stereocenters. The minimum absolute atomic E-state index is 0.0779. The van der Waals surface area contributed by atoms with E-state index >= 15 is 0 Å². The van der Waals surface area contributed by atoms with Gasteiger partial charge in [0.1, 0.15) is 0 Å². The van der Waals surface area contributed by atoms with Crippen molar-refractivity contribution in [2.24, 2.45) is 5.90 Å². The van der Waals surface area contributed by atoms with Crippen molar-refractivity contribution in [2.45, 2.75) is 90.9 Å². The molecule has 1 aromatic rings. The number of rotatable bonds is 5. The highest BCUT2D eigenvalue weighted by atomic mass is 16.6. The van der Waals surface area contributed by atoms with Crippen molar-refractivity contribution in [1.29, 1.82) is 0 Å². The molecule has 1 saturated carbocycles. The van der Waals surface area contributed by atoms with Crippen LogP contribution in [0.1, 0.15) is 91.2 Å². The zero-order valence-corrected chi connectivity index (χ0v) is 15.5. The number of hydrogen-bond acceptors (Lipinski definition) is 2. The van der Waals surface area contributed by atoms with Gasteiger partial charge in [0.25, 0.3) is 0 Å². The fourth-order valence-corrected chi connectivity index (χ4v) is 2.23. The monoisotopic (exact) mass is 305 g/mol. The van der Waals surface area contributed by atoms with E-state index in [0.717, 1.165) is 18.6 Å². The van der Waals surface area contributed by atoms with Crippen LogP contribution < -0.4 is 10.7 Å². The van der Waals surface area contributed by atoms with Crippen molar-refractivity contribution in [2.75, 3.05) is 0 Å². The maximum Gasteiger partial charge on any atom is 0.150 e. The molecule has 0 bridgehead atoms. The first-order chi connectivity index (χ1) is 10.3. The van der Waals surface area contributed by atoms with Gasteiger partial charge in [-0.3, -0.25) is 0 Å². The quantitative estimate of drug-likeness (QED) is 0.690. The van der Waals surface area contributed by atoms with Gasteiger partial charge in [-0.05, 0) is 35.3 Å². The second-order valence-corrected chi connectivity index (χ2v) is 7.72. The van der Waals surface area contributed by atoms with Crippen molar-refractivity contribution in [3.63, 3.8) is 0 Å². The lowest BCUT2D eigenvalue weighted by molar-refractivity contribution is 0.320. The highest BCUT2D eigenvalue weighted by Gasteiger charge is 2.26. The Morgan fingerprint density at radius 1 is 0.909 bits per heavy atom. The summed E-state index contributed by atoms with van der Waals surface area (Å²) in [6.45, 7) is 13.4. The van der Waals surface area contributed by atoms with Crippen molar-refractivity contribution < 1.29 is 4.84 Å². The van der Waals surface area contributed by atoms with Gasteiger partial charge in [-0.25, -0.2) is 0 Å². The van der Waals surface area contributed by atoms with E-state index in [1.807, 2.05) is 6.07 Å². The Hall–Kier alpha value is -1.02. The Bertz CT molecular complexity index is 455. The Morgan fingerprint density at radius 3 is 1.77 bits per heavy atom. The molecule has 2 nitrogen and oxygen atoms in total. The van der Waals surface area contributed by atoms with Gasteiger partial charge >= 0.3 is 0 Å². The minimum atomic E-state index is 0.0779. The summed E-state index contributed by atoms with van der Waals surface area (Å²) in [7, 11) is 0. The first-order valence-corrected chi connectivity index (χ1v) is 8.80. The maximum atomic E-state index is 5.39. The third-order valence-electron chi connectivity index (χ3n) is 5.38. The first kappa shape index (κ1) is 19.0. The standard InChI is InChI=1S/C16H27NO.C4H8/c1-7-15(3,4)12-9-10-14(18-17)13(11-12)16(5,6)8-2;1-2-4-3-1/h9-11H,7-8,17H2,1-6H3;1-4H2. The smallest absolute Gasteiger partial charge is 0.150 e. The molecule has 0 radical (unpaired) electrons. The van der Waals surface area contributed by atoms with Crippen molar-refractivity contribution in [3.8, 4) is 5.75 Å². The Morgan fingerprint density at radius 2 is 1.41 bits per heavy atom. The SMILES string of the molecule is C1CCC1.CCC(C)(C)c1ccc(ON)c(C(C)(C)CC)c1. The summed E-state index contributed by atoms with van der Waals surface area (Å²) in [5.41, 5.74) is 2.81. The molecule has 0 aliphatic heterocycles. The number of benzene rings is 1. The van der Waals surface area contributed by atoms with Gasteiger partial charge in [-0.2, -0.15) is 5.90 Å². The van der Waals surface area contributed by atoms with Crippen LogP contribution in [-0.2, 0) is 10.8 Å². The second kappa shape index (κ2) is 8.01. The Balaban J connectivity index is 0.000000519. The fourth-order valence-electron chi connectivity index (χ4n) is 2.23. The van der Waals surface area contributed by atoms with E-state index in [0.29, 0.717) is 0 Å². The summed E-state index contributed by atoms with van der Waals surface area (Å²) in [5, 5.41) is 0. The third-order valence-corrected chi connectivity index (χ3v) is 5.38. The third kappa shape index (κ3) is 4.74. The molecule has 2 rings (SSSR count). The topological polar surface area (TPSA) is 35.2 Å². The average molecular weight is 306 g/mol. The van der Waals surface area contributed by atoms with Crippen LogP contribution in [0.2, 0.25) is 0 Å². The molecule has 22 heavy (non-hydrogen) atoms. The molecule has 1 aliphatic rings. The lowest BCUT2D eigenvalue weighted by Gasteiger charge is -2.29. The fraction of sp³-hybridized carbons (Fsp3) is 0.700. The summed E-state index contributed by atoms with van der Waals surface area (Å²) in [6.07, 6.45) is 8.17. The Labute approximate surface area is 137 Å². The maximum absolute atomic E-state index is 5.39. The van der Waals surface area contributed by atoms with Gasteiger partial charge in [0, 0.05) is 5.56 Å². The van der Waals surface area contributed by atoms with Crippen molar-refractivity contribution in [1.82, 2.24) is 0 Å². The van der Waals surface area contributed by atoms with Crippen LogP contribution in [0.5, 0.6) is 5.75 Å². The predicted molar refractivity (Wildman–Crippen MR) is 96.4 cm³/mol. The van der Waals surface area contributed by atoms with Crippen LogP contribution in [0.25, 0.3) is 0 Å². The van der Waals surface area contributed by atoms with E-state index in [4.69, 9.17) is 10.7 Å². The van der Waals surface area contributed by atoms with Crippen LogP contribution in [-0.4, -0.2) is 0 Å². The zero-order chi connectivity index (χ0) is 16.8. The molecule has 1 aliphatic carbocycles. The van der Waals surface area contributed by atoms with Crippen LogP contribution >= 0.6 is 0 Å². The van der Waals surface area contributed by atoms with Gasteiger partial charge in [0.05, 0.1) is 0 Å². The summed E-state index contributed by atoms with van der Waals surface area (Å²) in [6, 6.07) is 6.38. The molecule has 0 spiro atoms. The molecule has 126 valence electrons. The molecule has 0 amide bonds. The summed E-state index contributed by atoms with van der Waals surface area (Å²) in [5.74, 6) is 6.18. The van der Waals surface area contributed by atoms with Crippen LogP contribution in [0.4, 0.5) is 0 Å². The molecule has 0 aromatic heterocycles. The average Bonchev–Trinajstić information content (AvgIpc) is 2.44. The largest absolute Gasteiger partial charge is 0.411 e. The minimum Gasteiger partial charge on any atom is -0.411 e. The van der Waals surface area contributed by atoms with Crippen molar-refractivity contribution in [3.05, 3.63) is 29.3 Å². The number of nitrogens with two attached hydrogens (primary N) is 1. The first-order valence-electron chi connectivity index (χ1n) is 8.80. The van der Waals surface area contributed by atoms with Crippen LogP contribution in [0.15, 0.2) is 18.2 Å². The van der Waals surface area contributed by atoms with Gasteiger partial charge < -0.3 is 4.84 Å². The van der Waals surface area contributed by atoms with Gasteiger partial charge in [-0.1, -0.05) is 79.4 Å². The van der Waals surface area contributed by atoms with Gasteiger partial charge in [-0.15, -0.1) is 0 Å². The second-order valence-electron chi connectivity index (χ2n) is 7.72. The van der Waals surface area contributed by atoms with Crippen molar-refractivity contribution >= 4 is 0 Å². The van der Waals surface area contributed by atoms with Gasteiger partial charge in [0.2, 0.25) is 0 Å². The molecule has 2 N–H and O–H groups in total. The van der Waals surface area contributed by atoms with E-state index in [1.54, 1.807) is 0 Å². The normalized spacial score (nSPS) is 14.7. The molecular weight excluding hydrogens is 270 g/mol. The van der Waals surface area contributed by atoms with E-state index < -0.39 is 0 Å². The molecule has 1 fully saturated rings. The molecular formula is C20H35NO. The lowest BCUT2D eigenvalue weighted by atomic mass is 9.76. The Kier molecular flexibility index (Phi) is 6.93. The van der Waals surface area contributed by atoms with Crippen LogP contribution in [0, 0.1) is 0 Å². The molecule has 0 unspecified atom stereocenters. The lowest BCUT2D eigenvalue weighted by Crippen LogP contribution is -2.22. The number of hydrogen-bond donors (Lipinski definition) is 1. The molecule has 0 heterocycles. The summed E-state index contributed by atoms with van der Waals surface area (Å²) >= 11 is 0. The van der Waals surface area contributed by atoms with E-state index in [-0.39, 0.29) is 10.8 Å². The highest BCUT2D eigenvalue weighted by molar-refractivity contribution is 5.43. The highest BCUT2D eigenvalue weighted by Crippen LogP contribution is 2.37. The van der Waals surface area contributed by atoms with E-state index in [9.17, 15) is 0 Å². The van der Waals surface area contributed by atoms with Crippen LogP contribution in [0.3, 0.4) is 0 Å². The van der Waals surface area contributed by atoms with E-state index in [2.05, 4.69) is 53.7 Å². The molecule has 1 aromatic carbocycles. The molecule has 2 heteroatoms. The summed E-state index contributed by atoms with van der Waals surface area (Å²) < 4.78 is 0. The summed E-state index contributed by atoms with van der Waals surface area (Å²) in [4.78, 5) is 5.03. The van der Waals surface area contributed by atoms with E-state index in [1.165, 1.54) is 36.8 Å². The zero-order valence-electron chi connectivity index (χ0n) is 15.5. The predicted octanol–water partition coefficient (Wildman–Crippen LogP) is 5.87. The molecule has 0 saturated heterocycles. The van der Waals surface area contributed by atoms with Gasteiger partial charge in [0.15, 0.2) is 5.75 Å².